The Morgan fingerprint density at radius 3 is 2.35 bits per heavy atom. The monoisotopic (exact) mass is 323 g/mol. The Hall–Kier alpha value is -1.26. The topological polar surface area (TPSA) is 55.8 Å². The van der Waals surface area contributed by atoms with E-state index in [0.29, 0.717) is 12.5 Å². The number of ether oxygens (including phenoxy) is 2. The van der Waals surface area contributed by atoms with Crippen LogP contribution in [0.15, 0.2) is 0 Å². The molecule has 0 saturated heterocycles. The second kappa shape index (κ2) is 5.99. The van der Waals surface area contributed by atoms with E-state index >= 15 is 0 Å². The molecule has 0 aromatic rings. The first kappa shape index (κ1) is 16.6. The predicted octanol–water partition coefficient (Wildman–Crippen LogP) is 3.36. The van der Waals surface area contributed by atoms with Crippen LogP contribution in [-0.4, -0.2) is 41.3 Å². The molecule has 0 heterocycles. The third kappa shape index (κ3) is 3.20. The van der Waals surface area contributed by atoms with E-state index in [0.717, 1.165) is 25.7 Å². The number of amides is 1. The van der Waals surface area contributed by atoms with Gasteiger partial charge in [-0.25, -0.2) is 4.79 Å². The lowest BCUT2D eigenvalue weighted by Crippen LogP contribution is -2.52. The molecule has 1 amide bonds. The largest absolute Gasteiger partial charge is 0.466 e. The third-order valence-corrected chi connectivity index (χ3v) is 5.46. The summed E-state index contributed by atoms with van der Waals surface area (Å²) in [6.45, 7) is 7.98. The Balaban J connectivity index is 1.71. The molecule has 3 aliphatic rings. The fourth-order valence-corrected chi connectivity index (χ4v) is 4.28. The van der Waals surface area contributed by atoms with E-state index in [2.05, 4.69) is 0 Å². The first-order chi connectivity index (χ1) is 10.8. The van der Waals surface area contributed by atoms with Gasteiger partial charge in [-0.3, -0.25) is 4.79 Å². The van der Waals surface area contributed by atoms with Crippen LogP contribution in [0.25, 0.3) is 0 Å². The number of fused-ring (bicyclic) bond motifs is 1. The number of rotatable bonds is 4. The van der Waals surface area contributed by atoms with Crippen molar-refractivity contribution >= 4 is 12.1 Å². The average molecular weight is 323 g/mol. The molecular formula is C18H29NO4. The van der Waals surface area contributed by atoms with Crippen LogP contribution in [0, 0.1) is 17.8 Å². The minimum absolute atomic E-state index is 0.00119. The molecule has 3 fully saturated rings. The number of hydrogen-bond acceptors (Lipinski definition) is 4. The molecule has 0 aromatic heterocycles. The lowest BCUT2D eigenvalue weighted by Gasteiger charge is -2.42. The second-order valence-corrected chi connectivity index (χ2v) is 8.14. The quantitative estimate of drug-likeness (QED) is 0.744. The lowest BCUT2D eigenvalue weighted by atomic mass is 9.89. The Morgan fingerprint density at radius 1 is 1.13 bits per heavy atom. The predicted molar refractivity (Wildman–Crippen MR) is 85.8 cm³/mol. The van der Waals surface area contributed by atoms with Crippen molar-refractivity contribution in [3.05, 3.63) is 0 Å². The third-order valence-electron chi connectivity index (χ3n) is 5.46. The van der Waals surface area contributed by atoms with Crippen LogP contribution in [0.2, 0.25) is 0 Å². The van der Waals surface area contributed by atoms with Gasteiger partial charge in [-0.15, -0.1) is 0 Å². The van der Waals surface area contributed by atoms with E-state index in [-0.39, 0.29) is 36.0 Å². The summed E-state index contributed by atoms with van der Waals surface area (Å²) in [4.78, 5) is 26.8. The molecule has 0 radical (unpaired) electrons. The normalized spacial score (nSPS) is 32.7. The number of nitrogens with zero attached hydrogens (tertiary/aromatic N) is 1. The summed E-state index contributed by atoms with van der Waals surface area (Å²) in [6, 6.07) is 0.437. The van der Waals surface area contributed by atoms with E-state index in [1.54, 1.807) is 0 Å². The zero-order chi connectivity index (χ0) is 16.8. The zero-order valence-corrected chi connectivity index (χ0v) is 14.7. The Labute approximate surface area is 138 Å². The molecule has 4 atom stereocenters. The summed E-state index contributed by atoms with van der Waals surface area (Å²) in [6.07, 6.45) is 5.08. The summed E-state index contributed by atoms with van der Waals surface area (Å²) in [5.41, 5.74) is -0.485. The molecule has 3 saturated carbocycles. The van der Waals surface area contributed by atoms with Gasteiger partial charge in [-0.05, 0) is 71.6 Å². The van der Waals surface area contributed by atoms with Crippen molar-refractivity contribution in [2.75, 3.05) is 6.61 Å². The minimum atomic E-state index is -0.485. The minimum Gasteiger partial charge on any atom is -0.466 e. The van der Waals surface area contributed by atoms with Crippen LogP contribution in [0.4, 0.5) is 4.79 Å². The number of hydrogen-bond donors (Lipinski definition) is 0. The van der Waals surface area contributed by atoms with Gasteiger partial charge in [0.05, 0.1) is 12.5 Å². The average Bonchev–Trinajstić information content (AvgIpc) is 2.95. The summed E-state index contributed by atoms with van der Waals surface area (Å²) in [5, 5.41) is 0. The van der Waals surface area contributed by atoms with E-state index in [1.807, 2.05) is 32.6 Å². The van der Waals surface area contributed by atoms with Gasteiger partial charge in [0, 0.05) is 12.1 Å². The Kier molecular flexibility index (Phi) is 4.32. The van der Waals surface area contributed by atoms with E-state index < -0.39 is 5.60 Å². The SMILES string of the molecule is CCOC(=O)[C@@H]1[C@H]2CC[C@@H](N(C(=O)OC(C)(C)C)C3CCC3)[C@H]21. The van der Waals surface area contributed by atoms with Crippen molar-refractivity contribution in [3.63, 3.8) is 0 Å². The molecule has 0 N–H and O–H groups in total. The molecule has 5 nitrogen and oxygen atoms in total. The molecule has 3 aliphatic carbocycles. The van der Waals surface area contributed by atoms with Crippen molar-refractivity contribution < 1.29 is 19.1 Å². The fraction of sp³-hybridized carbons (Fsp3) is 0.889. The van der Waals surface area contributed by atoms with Gasteiger partial charge in [0.2, 0.25) is 0 Å². The Morgan fingerprint density at radius 2 is 1.83 bits per heavy atom. The molecule has 3 rings (SSSR count). The molecular weight excluding hydrogens is 294 g/mol. The van der Waals surface area contributed by atoms with Crippen LogP contribution in [0.5, 0.6) is 0 Å². The lowest BCUT2D eigenvalue weighted by molar-refractivity contribution is -0.146. The zero-order valence-electron chi connectivity index (χ0n) is 14.7. The van der Waals surface area contributed by atoms with Crippen LogP contribution in [0.1, 0.15) is 59.8 Å². The van der Waals surface area contributed by atoms with Crippen LogP contribution >= 0.6 is 0 Å². The van der Waals surface area contributed by atoms with Crippen molar-refractivity contribution in [2.24, 2.45) is 17.8 Å². The highest BCUT2D eigenvalue weighted by atomic mass is 16.6. The number of carbonyl (C=O) groups excluding carboxylic acids is 2. The maximum absolute atomic E-state index is 12.7. The maximum Gasteiger partial charge on any atom is 0.410 e. The van der Waals surface area contributed by atoms with Crippen molar-refractivity contribution in [3.8, 4) is 0 Å². The van der Waals surface area contributed by atoms with Crippen LogP contribution < -0.4 is 0 Å². The first-order valence-corrected chi connectivity index (χ1v) is 9.01. The maximum atomic E-state index is 12.7. The van der Waals surface area contributed by atoms with Gasteiger partial charge in [0.25, 0.3) is 0 Å². The number of carbonyl (C=O) groups is 2. The second-order valence-electron chi connectivity index (χ2n) is 8.14. The molecule has 0 spiro atoms. The summed E-state index contributed by atoms with van der Waals surface area (Å²) < 4.78 is 10.8. The van der Waals surface area contributed by atoms with Gasteiger partial charge < -0.3 is 14.4 Å². The van der Waals surface area contributed by atoms with E-state index in [1.165, 1.54) is 6.42 Å². The smallest absolute Gasteiger partial charge is 0.410 e. The highest BCUT2D eigenvalue weighted by Crippen LogP contribution is 2.60. The van der Waals surface area contributed by atoms with Gasteiger partial charge in [0.15, 0.2) is 0 Å². The van der Waals surface area contributed by atoms with Crippen molar-refractivity contribution in [1.82, 2.24) is 4.90 Å². The van der Waals surface area contributed by atoms with Crippen molar-refractivity contribution in [1.29, 1.82) is 0 Å². The van der Waals surface area contributed by atoms with Gasteiger partial charge >= 0.3 is 12.1 Å². The molecule has 5 heteroatoms. The van der Waals surface area contributed by atoms with Gasteiger partial charge in [0.1, 0.15) is 5.60 Å². The molecule has 0 aliphatic heterocycles. The summed E-state index contributed by atoms with van der Waals surface area (Å²) >= 11 is 0. The standard InChI is InChI=1S/C18H29NO4/c1-5-22-16(20)15-12-9-10-13(14(12)15)19(11-7-6-8-11)17(21)23-18(2,3)4/h11-15H,5-10H2,1-4H3/t12-,13+,14-,15+/m0/s1. The van der Waals surface area contributed by atoms with Gasteiger partial charge in [-0.1, -0.05) is 0 Å². The Bertz CT molecular complexity index is 480. The molecule has 0 aromatic carbocycles. The van der Waals surface area contributed by atoms with Crippen LogP contribution in [-0.2, 0) is 14.3 Å². The van der Waals surface area contributed by atoms with E-state index in [4.69, 9.17) is 9.47 Å². The molecule has 130 valence electrons. The van der Waals surface area contributed by atoms with Gasteiger partial charge in [-0.2, -0.15) is 0 Å². The van der Waals surface area contributed by atoms with E-state index in [9.17, 15) is 9.59 Å². The summed E-state index contributed by atoms with van der Waals surface area (Å²) in [5.74, 6) is 0.606. The molecule has 0 unspecified atom stereocenters. The number of esters is 1. The highest BCUT2D eigenvalue weighted by molar-refractivity contribution is 5.78. The van der Waals surface area contributed by atoms with Crippen LogP contribution in [0.3, 0.4) is 0 Å². The molecule has 23 heavy (non-hydrogen) atoms. The molecule has 0 bridgehead atoms. The first-order valence-electron chi connectivity index (χ1n) is 9.01. The fourth-order valence-electron chi connectivity index (χ4n) is 4.28. The summed E-state index contributed by atoms with van der Waals surface area (Å²) in [7, 11) is 0. The van der Waals surface area contributed by atoms with Crippen molar-refractivity contribution in [2.45, 2.75) is 77.5 Å². The highest BCUT2D eigenvalue weighted by Gasteiger charge is 2.64.